The van der Waals surface area contributed by atoms with Gasteiger partial charge < -0.3 is 15.0 Å². The summed E-state index contributed by atoms with van der Waals surface area (Å²) in [6.45, 7) is 1.77. The summed E-state index contributed by atoms with van der Waals surface area (Å²) in [5.41, 5.74) is 1.23. The third-order valence-electron chi connectivity index (χ3n) is 5.33. The number of nitrogens with one attached hydrogen (secondary N) is 1. The number of aromatic nitrogens is 3. The van der Waals surface area contributed by atoms with Gasteiger partial charge in [-0.15, -0.1) is 0 Å². The SMILES string of the molecule is O=C(CSc1nc2ccccc2c(=O)n1CCCO)c1c[nH]c(C(=O)N2CCCC2)c1. The van der Waals surface area contributed by atoms with Crippen LogP contribution >= 0.6 is 11.8 Å². The van der Waals surface area contributed by atoms with Crippen molar-refractivity contribution in [1.82, 2.24) is 19.4 Å². The quantitative estimate of drug-likeness (QED) is 0.316. The molecule has 31 heavy (non-hydrogen) atoms. The highest BCUT2D eigenvalue weighted by atomic mass is 32.2. The van der Waals surface area contributed by atoms with Crippen LogP contribution in [0, 0.1) is 0 Å². The zero-order valence-corrected chi connectivity index (χ0v) is 17.9. The Balaban J connectivity index is 1.51. The number of hydrogen-bond acceptors (Lipinski definition) is 6. The van der Waals surface area contributed by atoms with Crippen LogP contribution in [0.1, 0.15) is 40.1 Å². The molecular weight excluding hydrogens is 416 g/mol. The number of rotatable bonds is 8. The first-order chi connectivity index (χ1) is 15.1. The van der Waals surface area contributed by atoms with E-state index in [4.69, 9.17) is 0 Å². The number of amides is 1. The molecule has 162 valence electrons. The van der Waals surface area contributed by atoms with Crippen LogP contribution in [-0.4, -0.2) is 61.7 Å². The highest BCUT2D eigenvalue weighted by Gasteiger charge is 2.22. The van der Waals surface area contributed by atoms with Gasteiger partial charge in [-0.2, -0.15) is 0 Å². The van der Waals surface area contributed by atoms with Crippen molar-refractivity contribution in [3.63, 3.8) is 0 Å². The van der Waals surface area contributed by atoms with Gasteiger partial charge in [0.15, 0.2) is 10.9 Å². The Labute approximate surface area is 183 Å². The van der Waals surface area contributed by atoms with E-state index in [1.807, 2.05) is 6.07 Å². The van der Waals surface area contributed by atoms with E-state index >= 15 is 0 Å². The van der Waals surface area contributed by atoms with Gasteiger partial charge in [-0.3, -0.25) is 19.0 Å². The summed E-state index contributed by atoms with van der Waals surface area (Å²) in [5, 5.41) is 10.1. The van der Waals surface area contributed by atoms with Crippen molar-refractivity contribution in [3.05, 3.63) is 58.1 Å². The van der Waals surface area contributed by atoms with Crippen LogP contribution in [0.25, 0.3) is 10.9 Å². The predicted octanol–water partition coefficient (Wildman–Crippen LogP) is 2.32. The van der Waals surface area contributed by atoms with Crippen LogP contribution in [0.2, 0.25) is 0 Å². The summed E-state index contributed by atoms with van der Waals surface area (Å²) in [6, 6.07) is 8.67. The van der Waals surface area contributed by atoms with E-state index in [-0.39, 0.29) is 29.6 Å². The average Bonchev–Trinajstić information content (AvgIpc) is 3.49. The number of fused-ring (bicyclic) bond motifs is 1. The number of Topliss-reactive ketones (excluding diaryl/α,β-unsaturated/α-hetero) is 1. The predicted molar refractivity (Wildman–Crippen MR) is 119 cm³/mol. The Hall–Kier alpha value is -2.91. The minimum absolute atomic E-state index is 0.0422. The standard InChI is InChI=1S/C22H24N4O4S/c27-11-5-10-26-20(29)16-6-1-2-7-17(16)24-22(26)31-14-19(28)15-12-18(23-13-15)21(30)25-8-3-4-9-25/h1-2,6-7,12-13,23,27H,3-5,8-11,14H2. The topological polar surface area (TPSA) is 108 Å². The van der Waals surface area contributed by atoms with E-state index < -0.39 is 0 Å². The molecule has 3 aromatic rings. The second-order valence-electron chi connectivity index (χ2n) is 7.46. The molecule has 0 spiro atoms. The number of ketones is 1. The normalized spacial score (nSPS) is 13.8. The van der Waals surface area contributed by atoms with E-state index in [9.17, 15) is 19.5 Å². The second-order valence-corrected chi connectivity index (χ2v) is 8.40. The smallest absolute Gasteiger partial charge is 0.270 e. The molecule has 0 unspecified atom stereocenters. The molecule has 1 aromatic carbocycles. The average molecular weight is 441 g/mol. The molecule has 1 aliphatic heterocycles. The molecule has 0 bridgehead atoms. The Morgan fingerprint density at radius 1 is 1.19 bits per heavy atom. The van der Waals surface area contributed by atoms with Gasteiger partial charge in [0.05, 0.1) is 16.7 Å². The van der Waals surface area contributed by atoms with E-state index in [0.717, 1.165) is 25.9 Å². The number of hydrogen-bond donors (Lipinski definition) is 2. The lowest BCUT2D eigenvalue weighted by molar-refractivity contribution is 0.0787. The first-order valence-electron chi connectivity index (χ1n) is 10.3. The number of benzene rings is 1. The Kier molecular flexibility index (Phi) is 6.53. The highest BCUT2D eigenvalue weighted by molar-refractivity contribution is 7.99. The fourth-order valence-electron chi connectivity index (χ4n) is 3.67. The van der Waals surface area contributed by atoms with E-state index in [2.05, 4.69) is 9.97 Å². The molecule has 1 aliphatic rings. The number of nitrogens with zero attached hydrogens (tertiary/aromatic N) is 3. The van der Waals surface area contributed by atoms with E-state index in [0.29, 0.717) is 40.3 Å². The largest absolute Gasteiger partial charge is 0.396 e. The summed E-state index contributed by atoms with van der Waals surface area (Å²) in [5.74, 6) is -0.157. The van der Waals surface area contributed by atoms with E-state index in [1.54, 1.807) is 35.4 Å². The van der Waals surface area contributed by atoms with Gasteiger partial charge in [-0.25, -0.2) is 4.98 Å². The molecule has 1 amide bonds. The van der Waals surface area contributed by atoms with Crippen LogP contribution < -0.4 is 5.56 Å². The number of carbonyl (C=O) groups excluding carboxylic acids is 2. The van der Waals surface area contributed by atoms with Crippen molar-refractivity contribution in [2.75, 3.05) is 25.4 Å². The first kappa shape index (κ1) is 21.3. The van der Waals surface area contributed by atoms with Crippen LogP contribution in [0.4, 0.5) is 0 Å². The Morgan fingerprint density at radius 2 is 1.97 bits per heavy atom. The number of aliphatic hydroxyl groups is 1. The molecule has 1 fully saturated rings. The fourth-order valence-corrected chi connectivity index (χ4v) is 4.59. The fraction of sp³-hybridized carbons (Fsp3) is 0.364. The van der Waals surface area contributed by atoms with Gasteiger partial charge in [0.2, 0.25) is 0 Å². The lowest BCUT2D eigenvalue weighted by atomic mass is 10.2. The van der Waals surface area contributed by atoms with E-state index in [1.165, 1.54) is 16.3 Å². The number of para-hydroxylation sites is 1. The van der Waals surface area contributed by atoms with Gasteiger partial charge in [0, 0.05) is 38.0 Å². The van der Waals surface area contributed by atoms with Crippen LogP contribution in [0.5, 0.6) is 0 Å². The lowest BCUT2D eigenvalue weighted by Crippen LogP contribution is -2.27. The molecule has 0 radical (unpaired) electrons. The Morgan fingerprint density at radius 3 is 2.74 bits per heavy atom. The van der Waals surface area contributed by atoms with Crippen molar-refractivity contribution in [2.45, 2.75) is 31.0 Å². The molecule has 3 heterocycles. The van der Waals surface area contributed by atoms with Gasteiger partial charge in [0.25, 0.3) is 11.5 Å². The maximum Gasteiger partial charge on any atom is 0.270 e. The minimum Gasteiger partial charge on any atom is -0.396 e. The minimum atomic E-state index is -0.186. The van der Waals surface area contributed by atoms with Gasteiger partial charge in [-0.1, -0.05) is 23.9 Å². The van der Waals surface area contributed by atoms with Gasteiger partial charge in [0.1, 0.15) is 5.69 Å². The van der Waals surface area contributed by atoms with Crippen molar-refractivity contribution in [1.29, 1.82) is 0 Å². The number of thioether (sulfide) groups is 1. The number of carbonyl (C=O) groups is 2. The molecule has 1 saturated heterocycles. The molecule has 0 aliphatic carbocycles. The van der Waals surface area contributed by atoms with Crippen molar-refractivity contribution < 1.29 is 14.7 Å². The molecule has 8 nitrogen and oxygen atoms in total. The number of H-pyrrole nitrogens is 1. The zero-order valence-electron chi connectivity index (χ0n) is 17.0. The molecule has 9 heteroatoms. The molecule has 2 aromatic heterocycles. The van der Waals surface area contributed by atoms with Crippen LogP contribution in [-0.2, 0) is 6.54 Å². The van der Waals surface area contributed by atoms with Crippen LogP contribution in [0.15, 0.2) is 46.5 Å². The molecule has 4 rings (SSSR count). The Bertz CT molecular complexity index is 1160. The molecule has 0 saturated carbocycles. The maximum absolute atomic E-state index is 12.9. The monoisotopic (exact) mass is 440 g/mol. The second kappa shape index (κ2) is 9.49. The van der Waals surface area contributed by atoms with Crippen LogP contribution in [0.3, 0.4) is 0 Å². The van der Waals surface area contributed by atoms with Crippen molar-refractivity contribution >= 4 is 34.4 Å². The summed E-state index contributed by atoms with van der Waals surface area (Å²) in [4.78, 5) is 47.3. The molecule has 2 N–H and O–H groups in total. The molecular formula is C22H24N4O4S. The maximum atomic E-state index is 12.9. The number of likely N-dealkylation sites (tertiary alicyclic amines) is 1. The number of aromatic amines is 1. The third kappa shape index (κ3) is 4.57. The summed E-state index contributed by atoms with van der Waals surface area (Å²) >= 11 is 1.18. The van der Waals surface area contributed by atoms with Crippen molar-refractivity contribution in [3.8, 4) is 0 Å². The number of aliphatic hydroxyl groups excluding tert-OH is 1. The summed E-state index contributed by atoms with van der Waals surface area (Å²) in [6.07, 6.45) is 3.98. The highest BCUT2D eigenvalue weighted by Crippen LogP contribution is 2.20. The first-order valence-corrected chi connectivity index (χ1v) is 11.3. The third-order valence-corrected chi connectivity index (χ3v) is 6.30. The summed E-state index contributed by atoms with van der Waals surface area (Å²) in [7, 11) is 0. The van der Waals surface area contributed by atoms with Gasteiger partial charge in [-0.05, 0) is 37.5 Å². The zero-order chi connectivity index (χ0) is 21.8. The van der Waals surface area contributed by atoms with Crippen molar-refractivity contribution in [2.24, 2.45) is 0 Å². The van der Waals surface area contributed by atoms with Gasteiger partial charge >= 0.3 is 0 Å². The lowest BCUT2D eigenvalue weighted by Gasteiger charge is -2.13. The summed E-state index contributed by atoms with van der Waals surface area (Å²) < 4.78 is 1.51. The molecule has 0 atom stereocenters.